The Bertz CT molecular complexity index is 545. The van der Waals surface area contributed by atoms with Crippen molar-refractivity contribution in [2.45, 2.75) is 36.4 Å². The number of nitrogens with zero attached hydrogens (tertiary/aromatic N) is 2. The number of hydrogen-bond donors (Lipinski definition) is 1. The third-order valence-corrected chi connectivity index (χ3v) is 3.98. The van der Waals surface area contributed by atoms with Crippen molar-refractivity contribution in [1.82, 2.24) is 15.3 Å². The van der Waals surface area contributed by atoms with Crippen LogP contribution in [0, 0.1) is 0 Å². The highest BCUT2D eigenvalue weighted by Gasteiger charge is 2.07. The normalized spacial score (nSPS) is 12.3. The molecule has 0 aliphatic rings. The summed E-state index contributed by atoms with van der Waals surface area (Å²) >= 11 is 7.38. The quantitative estimate of drug-likeness (QED) is 0.861. The molecule has 0 radical (unpaired) electrons. The van der Waals surface area contributed by atoms with E-state index in [1.165, 1.54) is 5.56 Å². The molecule has 106 valence electrons. The topological polar surface area (TPSA) is 37.8 Å². The molecule has 0 bridgehead atoms. The lowest BCUT2D eigenvalue weighted by atomic mass is 10.1. The van der Waals surface area contributed by atoms with Gasteiger partial charge in [-0.05, 0) is 49.7 Å². The van der Waals surface area contributed by atoms with Crippen LogP contribution in [-0.4, -0.2) is 16.5 Å². The predicted octanol–water partition coefficient (Wildman–Crippen LogP) is 4.34. The lowest BCUT2D eigenvalue weighted by Gasteiger charge is -2.14. The Morgan fingerprint density at radius 3 is 2.80 bits per heavy atom. The Hall–Kier alpha value is -1.10. The Labute approximate surface area is 129 Å². The molecule has 1 atom stereocenters. The van der Waals surface area contributed by atoms with E-state index >= 15 is 0 Å². The van der Waals surface area contributed by atoms with Gasteiger partial charge in [-0.25, -0.2) is 9.97 Å². The number of halogens is 1. The average Bonchev–Trinajstić information content (AvgIpc) is 2.47. The minimum absolute atomic E-state index is 0.329. The van der Waals surface area contributed by atoms with Gasteiger partial charge >= 0.3 is 0 Å². The summed E-state index contributed by atoms with van der Waals surface area (Å²) in [6, 6.07) is 8.23. The maximum absolute atomic E-state index is 5.83. The van der Waals surface area contributed by atoms with Gasteiger partial charge in [0, 0.05) is 18.4 Å². The summed E-state index contributed by atoms with van der Waals surface area (Å²) in [7, 11) is 0. The summed E-state index contributed by atoms with van der Waals surface area (Å²) in [4.78, 5) is 8.66. The smallest absolute Gasteiger partial charge is 0.102 e. The second-order valence-electron chi connectivity index (χ2n) is 4.52. The fourth-order valence-electron chi connectivity index (χ4n) is 1.76. The molecule has 2 aromatic heterocycles. The fraction of sp³-hybridized carbons (Fsp3) is 0.333. The molecule has 2 aromatic rings. The highest BCUT2D eigenvalue weighted by atomic mass is 35.5. The summed E-state index contributed by atoms with van der Waals surface area (Å²) in [5.41, 5.74) is 1.24. The maximum atomic E-state index is 5.83. The SMILES string of the molecule is CCCNC(C)c1ccnc(Sc2ccc(Cl)cn2)c1. The van der Waals surface area contributed by atoms with Crippen LogP contribution in [0.15, 0.2) is 46.7 Å². The molecule has 1 unspecified atom stereocenters. The molecule has 2 heterocycles. The van der Waals surface area contributed by atoms with Crippen LogP contribution in [0.25, 0.3) is 0 Å². The summed E-state index contributed by atoms with van der Waals surface area (Å²) in [6.07, 6.45) is 4.63. The first-order valence-electron chi connectivity index (χ1n) is 6.67. The molecule has 1 N–H and O–H groups in total. The van der Waals surface area contributed by atoms with Gasteiger partial charge in [0.15, 0.2) is 0 Å². The van der Waals surface area contributed by atoms with E-state index in [1.807, 2.05) is 24.4 Å². The molecule has 0 aliphatic heterocycles. The van der Waals surface area contributed by atoms with Crippen molar-refractivity contribution in [3.05, 3.63) is 47.2 Å². The van der Waals surface area contributed by atoms with Crippen molar-refractivity contribution in [3.63, 3.8) is 0 Å². The van der Waals surface area contributed by atoms with Gasteiger partial charge in [-0.1, -0.05) is 30.3 Å². The largest absolute Gasteiger partial charge is 0.310 e. The standard InChI is InChI=1S/C15H18ClN3S/c1-3-7-17-11(2)12-6-8-18-15(9-12)20-14-5-4-13(16)10-19-14/h4-6,8-11,17H,3,7H2,1-2H3. The zero-order chi connectivity index (χ0) is 14.4. The van der Waals surface area contributed by atoms with Crippen LogP contribution in [0.4, 0.5) is 0 Å². The van der Waals surface area contributed by atoms with Crippen molar-refractivity contribution in [3.8, 4) is 0 Å². The molecule has 2 rings (SSSR count). The van der Waals surface area contributed by atoms with Crippen LogP contribution < -0.4 is 5.32 Å². The Morgan fingerprint density at radius 1 is 1.25 bits per heavy atom. The molecule has 0 aromatic carbocycles. The molecule has 0 spiro atoms. The molecule has 0 fully saturated rings. The molecule has 5 heteroatoms. The van der Waals surface area contributed by atoms with E-state index in [9.17, 15) is 0 Å². The van der Waals surface area contributed by atoms with Gasteiger partial charge in [-0.2, -0.15) is 0 Å². The lowest BCUT2D eigenvalue weighted by molar-refractivity contribution is 0.569. The summed E-state index contributed by atoms with van der Waals surface area (Å²) in [6.45, 7) is 5.35. The van der Waals surface area contributed by atoms with Crippen molar-refractivity contribution < 1.29 is 0 Å². The second-order valence-corrected chi connectivity index (χ2v) is 6.00. The van der Waals surface area contributed by atoms with E-state index in [4.69, 9.17) is 11.6 Å². The van der Waals surface area contributed by atoms with Gasteiger partial charge in [-0.15, -0.1) is 0 Å². The van der Waals surface area contributed by atoms with Crippen molar-refractivity contribution in [2.75, 3.05) is 6.54 Å². The van der Waals surface area contributed by atoms with E-state index in [2.05, 4.69) is 35.2 Å². The lowest BCUT2D eigenvalue weighted by Crippen LogP contribution is -2.19. The van der Waals surface area contributed by atoms with Crippen molar-refractivity contribution in [1.29, 1.82) is 0 Å². The first-order chi connectivity index (χ1) is 9.69. The highest BCUT2D eigenvalue weighted by molar-refractivity contribution is 7.99. The van der Waals surface area contributed by atoms with Crippen LogP contribution in [0.5, 0.6) is 0 Å². The third kappa shape index (κ3) is 4.47. The second kappa shape index (κ2) is 7.62. The molecule has 20 heavy (non-hydrogen) atoms. The zero-order valence-electron chi connectivity index (χ0n) is 11.6. The third-order valence-electron chi connectivity index (χ3n) is 2.87. The van der Waals surface area contributed by atoms with E-state index in [-0.39, 0.29) is 0 Å². The molecule has 0 saturated heterocycles. The zero-order valence-corrected chi connectivity index (χ0v) is 13.2. The molecular formula is C15H18ClN3S. The van der Waals surface area contributed by atoms with Gasteiger partial charge in [0.25, 0.3) is 0 Å². The summed E-state index contributed by atoms with van der Waals surface area (Å²) in [5.74, 6) is 0. The molecule has 0 aliphatic carbocycles. The summed E-state index contributed by atoms with van der Waals surface area (Å²) < 4.78 is 0. The number of rotatable bonds is 6. The van der Waals surface area contributed by atoms with Crippen molar-refractivity contribution >= 4 is 23.4 Å². The first-order valence-corrected chi connectivity index (χ1v) is 7.87. The van der Waals surface area contributed by atoms with Gasteiger partial charge in [0.2, 0.25) is 0 Å². The van der Waals surface area contributed by atoms with Crippen LogP contribution in [0.1, 0.15) is 31.9 Å². The average molecular weight is 308 g/mol. The fourth-order valence-corrected chi connectivity index (χ4v) is 2.63. The van der Waals surface area contributed by atoms with E-state index in [0.717, 1.165) is 23.0 Å². The minimum atomic E-state index is 0.329. The molecule has 0 saturated carbocycles. The summed E-state index contributed by atoms with van der Waals surface area (Å²) in [5, 5.41) is 5.97. The highest BCUT2D eigenvalue weighted by Crippen LogP contribution is 2.26. The molecule has 0 amide bonds. The monoisotopic (exact) mass is 307 g/mol. The minimum Gasteiger partial charge on any atom is -0.310 e. The first kappa shape index (κ1) is 15.3. The van der Waals surface area contributed by atoms with Crippen molar-refractivity contribution in [2.24, 2.45) is 0 Å². The number of pyridine rings is 2. The predicted molar refractivity (Wildman–Crippen MR) is 84.3 cm³/mol. The van der Waals surface area contributed by atoms with Gasteiger partial charge in [0.1, 0.15) is 10.1 Å². The van der Waals surface area contributed by atoms with Crippen LogP contribution in [0.2, 0.25) is 5.02 Å². The van der Waals surface area contributed by atoms with Gasteiger partial charge in [-0.3, -0.25) is 0 Å². The van der Waals surface area contributed by atoms with Crippen LogP contribution >= 0.6 is 23.4 Å². The Morgan fingerprint density at radius 2 is 2.10 bits per heavy atom. The van der Waals surface area contributed by atoms with E-state index < -0.39 is 0 Å². The molecular weight excluding hydrogens is 290 g/mol. The van der Waals surface area contributed by atoms with E-state index in [0.29, 0.717) is 11.1 Å². The number of aromatic nitrogens is 2. The van der Waals surface area contributed by atoms with Crippen LogP contribution in [-0.2, 0) is 0 Å². The molecule has 3 nitrogen and oxygen atoms in total. The van der Waals surface area contributed by atoms with Gasteiger partial charge < -0.3 is 5.32 Å². The van der Waals surface area contributed by atoms with Crippen LogP contribution in [0.3, 0.4) is 0 Å². The number of nitrogens with one attached hydrogen (secondary N) is 1. The maximum Gasteiger partial charge on any atom is 0.102 e. The number of hydrogen-bond acceptors (Lipinski definition) is 4. The van der Waals surface area contributed by atoms with E-state index in [1.54, 1.807) is 18.0 Å². The Balaban J connectivity index is 2.07. The van der Waals surface area contributed by atoms with Gasteiger partial charge in [0.05, 0.1) is 5.02 Å². The Kier molecular flexibility index (Phi) is 5.83.